The highest BCUT2D eigenvalue weighted by Crippen LogP contribution is 2.44. The molecule has 2 heterocycles. The summed E-state index contributed by atoms with van der Waals surface area (Å²) in [6, 6.07) is 66.1. The quantitative estimate of drug-likeness (QED) is 0.134. The van der Waals surface area contributed by atoms with Gasteiger partial charge in [-0.2, -0.15) is 0 Å². The van der Waals surface area contributed by atoms with Gasteiger partial charge in [0.25, 0.3) is 0 Å². The molecule has 0 spiro atoms. The number of hydrogen-bond donors (Lipinski definition) is 0. The minimum absolute atomic E-state index is 0.930. The molecule has 0 aliphatic heterocycles. The molecule has 246 valence electrons. The van der Waals surface area contributed by atoms with Gasteiger partial charge in [0.2, 0.25) is 0 Å². The minimum atomic E-state index is 0.930. The lowest BCUT2D eigenvalue weighted by Gasteiger charge is -2.18. The Labute approximate surface area is 306 Å². The van der Waals surface area contributed by atoms with E-state index in [-0.39, 0.29) is 0 Å². The van der Waals surface area contributed by atoms with E-state index in [4.69, 9.17) is 4.98 Å². The highest BCUT2D eigenvalue weighted by atomic mass is 15.0. The summed E-state index contributed by atoms with van der Waals surface area (Å²) in [6.07, 6.45) is 4.37. The van der Waals surface area contributed by atoms with E-state index in [1.807, 2.05) is 0 Å². The zero-order chi connectivity index (χ0) is 34.9. The maximum atomic E-state index is 5.06. The Morgan fingerprint density at radius 1 is 0.321 bits per heavy atom. The lowest BCUT2D eigenvalue weighted by atomic mass is 9.85. The van der Waals surface area contributed by atoms with Gasteiger partial charge in [-0.25, -0.2) is 4.98 Å². The summed E-state index contributed by atoms with van der Waals surface area (Å²) in [5, 5.41) is 12.6. The monoisotopic (exact) mass is 672 g/mol. The molecular formula is C51H32N2. The van der Waals surface area contributed by atoms with Crippen LogP contribution in [0.15, 0.2) is 194 Å². The highest BCUT2D eigenvalue weighted by molar-refractivity contribution is 6.22. The lowest BCUT2D eigenvalue weighted by Crippen LogP contribution is -1.91. The average molecular weight is 673 g/mol. The third kappa shape index (κ3) is 4.77. The van der Waals surface area contributed by atoms with Crippen LogP contribution in [0.25, 0.3) is 104 Å². The van der Waals surface area contributed by atoms with E-state index in [0.717, 1.165) is 16.9 Å². The Morgan fingerprint density at radius 3 is 1.53 bits per heavy atom. The largest absolute Gasteiger partial charge is 0.306 e. The van der Waals surface area contributed by atoms with Crippen LogP contribution in [0.1, 0.15) is 0 Å². The van der Waals surface area contributed by atoms with Crippen molar-refractivity contribution in [3.05, 3.63) is 194 Å². The number of fused-ring (bicyclic) bond motifs is 7. The third-order valence-corrected chi connectivity index (χ3v) is 11.0. The molecule has 2 nitrogen and oxygen atoms in total. The van der Waals surface area contributed by atoms with E-state index in [2.05, 4.69) is 199 Å². The first kappa shape index (κ1) is 29.7. The molecule has 0 unspecified atom stereocenters. The molecule has 0 radical (unpaired) electrons. The van der Waals surface area contributed by atoms with Gasteiger partial charge in [0.05, 0.1) is 5.69 Å². The molecule has 0 saturated heterocycles. The summed E-state index contributed by atoms with van der Waals surface area (Å²) >= 11 is 0. The van der Waals surface area contributed by atoms with Crippen LogP contribution in [-0.4, -0.2) is 9.38 Å². The Balaban J connectivity index is 1.01. The Kier molecular flexibility index (Phi) is 6.59. The highest BCUT2D eigenvalue weighted by Gasteiger charge is 2.17. The van der Waals surface area contributed by atoms with Crippen LogP contribution in [0.4, 0.5) is 0 Å². The van der Waals surface area contributed by atoms with Crippen molar-refractivity contribution >= 4 is 59.5 Å². The van der Waals surface area contributed by atoms with Gasteiger partial charge >= 0.3 is 0 Å². The van der Waals surface area contributed by atoms with Crippen LogP contribution >= 0.6 is 0 Å². The van der Waals surface area contributed by atoms with Crippen molar-refractivity contribution in [3.63, 3.8) is 0 Å². The van der Waals surface area contributed by atoms with Gasteiger partial charge in [0.15, 0.2) is 0 Å². The minimum Gasteiger partial charge on any atom is -0.306 e. The van der Waals surface area contributed by atoms with E-state index in [1.165, 1.54) is 87.2 Å². The van der Waals surface area contributed by atoms with Crippen LogP contribution < -0.4 is 0 Å². The van der Waals surface area contributed by atoms with Crippen molar-refractivity contribution in [3.8, 4) is 44.6 Å². The van der Waals surface area contributed by atoms with Crippen molar-refractivity contribution in [2.24, 2.45) is 0 Å². The van der Waals surface area contributed by atoms with Crippen LogP contribution in [0.2, 0.25) is 0 Å². The van der Waals surface area contributed by atoms with Crippen LogP contribution in [0, 0.1) is 0 Å². The summed E-state index contributed by atoms with van der Waals surface area (Å²) in [7, 11) is 0. The molecule has 0 saturated carbocycles. The van der Waals surface area contributed by atoms with Crippen LogP contribution in [0.5, 0.6) is 0 Å². The zero-order valence-electron chi connectivity index (χ0n) is 28.9. The molecule has 0 bridgehead atoms. The fourth-order valence-corrected chi connectivity index (χ4v) is 8.49. The molecule has 53 heavy (non-hydrogen) atoms. The van der Waals surface area contributed by atoms with Crippen molar-refractivity contribution in [1.29, 1.82) is 0 Å². The summed E-state index contributed by atoms with van der Waals surface area (Å²) in [4.78, 5) is 5.06. The molecule has 11 rings (SSSR count). The molecule has 0 N–H and O–H groups in total. The van der Waals surface area contributed by atoms with E-state index in [9.17, 15) is 0 Å². The standard InChI is InChI=1S/C51H32N2/c1-2-12-36-29-38(26-21-33(36)11-1)51-45-19-9-7-17-43(45)50(44-18-8-10-20-46(44)51)35-24-22-34(23-25-35)48-32-53-31-39(27-28-49(53)52-48)47-30-37-13-3-4-14-40(37)41-15-5-6-16-42(41)47/h1-32H. The molecule has 2 aromatic heterocycles. The first-order chi connectivity index (χ1) is 26.3. The first-order valence-electron chi connectivity index (χ1n) is 18.2. The summed E-state index contributed by atoms with van der Waals surface area (Å²) in [5.41, 5.74) is 10.4. The summed E-state index contributed by atoms with van der Waals surface area (Å²) in [5.74, 6) is 0. The van der Waals surface area contributed by atoms with E-state index < -0.39 is 0 Å². The van der Waals surface area contributed by atoms with Gasteiger partial charge in [-0.1, -0.05) is 158 Å². The maximum absolute atomic E-state index is 5.06. The Bertz CT molecular complexity index is 3160. The molecular weight excluding hydrogens is 641 g/mol. The van der Waals surface area contributed by atoms with Gasteiger partial charge in [-0.15, -0.1) is 0 Å². The second kappa shape index (κ2) is 11.8. The smallest absolute Gasteiger partial charge is 0.137 e. The number of hydrogen-bond acceptors (Lipinski definition) is 1. The number of benzene rings is 9. The van der Waals surface area contributed by atoms with Gasteiger partial charge in [0.1, 0.15) is 5.65 Å². The van der Waals surface area contributed by atoms with E-state index in [1.54, 1.807) is 0 Å². The number of aromatic nitrogens is 2. The first-order valence-corrected chi connectivity index (χ1v) is 18.2. The number of imidazole rings is 1. The average Bonchev–Trinajstić information content (AvgIpc) is 3.66. The summed E-state index contributed by atoms with van der Waals surface area (Å²) < 4.78 is 2.16. The van der Waals surface area contributed by atoms with Crippen molar-refractivity contribution < 1.29 is 0 Å². The Hall–Kier alpha value is -7.03. The van der Waals surface area contributed by atoms with E-state index >= 15 is 0 Å². The van der Waals surface area contributed by atoms with Crippen LogP contribution in [-0.2, 0) is 0 Å². The van der Waals surface area contributed by atoms with Gasteiger partial charge in [0, 0.05) is 18.0 Å². The van der Waals surface area contributed by atoms with Crippen LogP contribution in [0.3, 0.4) is 0 Å². The third-order valence-electron chi connectivity index (χ3n) is 11.0. The number of pyridine rings is 1. The predicted octanol–water partition coefficient (Wildman–Crippen LogP) is 13.8. The lowest BCUT2D eigenvalue weighted by molar-refractivity contribution is 1.19. The maximum Gasteiger partial charge on any atom is 0.137 e. The van der Waals surface area contributed by atoms with Crippen molar-refractivity contribution in [1.82, 2.24) is 9.38 Å². The predicted molar refractivity (Wildman–Crippen MR) is 224 cm³/mol. The summed E-state index contributed by atoms with van der Waals surface area (Å²) in [6.45, 7) is 0. The second-order valence-corrected chi connectivity index (χ2v) is 14.0. The van der Waals surface area contributed by atoms with Crippen molar-refractivity contribution in [2.75, 3.05) is 0 Å². The Morgan fingerprint density at radius 2 is 0.830 bits per heavy atom. The van der Waals surface area contributed by atoms with Gasteiger partial charge in [-0.05, 0) is 112 Å². The normalized spacial score (nSPS) is 11.8. The number of rotatable bonds is 4. The number of nitrogens with zero attached hydrogens (tertiary/aromatic N) is 2. The molecule has 11 aromatic rings. The zero-order valence-corrected chi connectivity index (χ0v) is 28.9. The molecule has 0 fully saturated rings. The molecule has 2 heteroatoms. The molecule has 0 amide bonds. The van der Waals surface area contributed by atoms with Gasteiger partial charge in [-0.3, -0.25) is 0 Å². The second-order valence-electron chi connectivity index (χ2n) is 14.0. The SMILES string of the molecule is c1ccc2cc(-c3c4ccccc4c(-c4ccc(-c5cn6cc(-c7cc8ccccc8c8ccccc78)ccc6n5)cc4)c4ccccc34)ccc2c1. The van der Waals surface area contributed by atoms with Crippen molar-refractivity contribution in [2.45, 2.75) is 0 Å². The molecule has 0 aliphatic carbocycles. The fraction of sp³-hybridized carbons (Fsp3) is 0. The topological polar surface area (TPSA) is 17.3 Å². The van der Waals surface area contributed by atoms with Gasteiger partial charge < -0.3 is 4.40 Å². The molecule has 9 aromatic carbocycles. The van der Waals surface area contributed by atoms with E-state index in [0.29, 0.717) is 0 Å². The fourth-order valence-electron chi connectivity index (χ4n) is 8.49. The molecule has 0 aliphatic rings. The molecule has 0 atom stereocenters.